The molecule has 0 aromatic carbocycles. The Kier molecular flexibility index (Phi) is 0.897. The van der Waals surface area contributed by atoms with Gasteiger partial charge in [-0.25, -0.2) is 9.55 Å². The molecule has 0 aliphatic rings. The molecule has 0 fully saturated rings. The van der Waals surface area contributed by atoms with E-state index in [0.29, 0.717) is 5.82 Å². The van der Waals surface area contributed by atoms with Crippen molar-refractivity contribution in [1.82, 2.24) is 9.55 Å². The van der Waals surface area contributed by atoms with Crippen LogP contribution in [0.3, 0.4) is 0 Å². The summed E-state index contributed by atoms with van der Waals surface area (Å²) in [6, 6.07) is 0. The summed E-state index contributed by atoms with van der Waals surface area (Å²) in [7, 11) is 0. The number of anilines is 1. The summed E-state index contributed by atoms with van der Waals surface area (Å²) >= 11 is 0. The number of rotatable bonds is 0. The molecule has 4 heteroatoms. The zero-order valence-electron chi connectivity index (χ0n) is 4.07. The van der Waals surface area contributed by atoms with Crippen LogP contribution in [-0.4, -0.2) is 9.55 Å². The average Bonchev–Trinajstić information content (AvgIpc) is 2.14. The highest BCUT2D eigenvalue weighted by atomic mass is 15.1. The van der Waals surface area contributed by atoms with E-state index >= 15 is 0 Å². The second-order valence-electron chi connectivity index (χ2n) is 1.29. The minimum absolute atomic E-state index is 0.368. The summed E-state index contributed by atoms with van der Waals surface area (Å²) in [6.07, 6.45) is 4.58. The second kappa shape index (κ2) is 1.54. The Morgan fingerprint density at radius 1 is 1.88 bits per heavy atom. The Labute approximate surface area is 46.2 Å². The third-order valence-corrected chi connectivity index (χ3v) is 0.775. The highest BCUT2D eigenvalue weighted by molar-refractivity contribution is 5.27. The number of nitrogens with zero attached hydrogens (tertiary/aromatic N) is 3. The van der Waals surface area contributed by atoms with Crippen molar-refractivity contribution in [2.24, 2.45) is 0 Å². The fraction of sp³-hybridized carbons (Fsp3) is 0. The maximum atomic E-state index is 8.20. The molecular formula is C4H4N4. The lowest BCUT2D eigenvalue weighted by Crippen LogP contribution is -1.92. The van der Waals surface area contributed by atoms with Crippen LogP contribution < -0.4 is 5.73 Å². The summed E-state index contributed by atoms with van der Waals surface area (Å²) in [5.41, 5.74) is 5.23. The predicted molar refractivity (Wildman–Crippen MR) is 27.7 cm³/mol. The minimum Gasteiger partial charge on any atom is -0.383 e. The van der Waals surface area contributed by atoms with Crippen molar-refractivity contribution in [3.05, 3.63) is 12.5 Å². The number of nitrogens with two attached hydrogens (primary N) is 1. The number of hydrogen-bond acceptors (Lipinski definition) is 3. The summed E-state index contributed by atoms with van der Waals surface area (Å²) < 4.78 is 1.18. The zero-order chi connectivity index (χ0) is 5.98. The van der Waals surface area contributed by atoms with Crippen LogP contribution in [0.4, 0.5) is 5.82 Å². The van der Waals surface area contributed by atoms with Gasteiger partial charge in [-0.15, -0.1) is 0 Å². The van der Waals surface area contributed by atoms with Crippen molar-refractivity contribution in [3.8, 4) is 6.19 Å². The van der Waals surface area contributed by atoms with E-state index in [-0.39, 0.29) is 0 Å². The molecule has 0 atom stereocenters. The van der Waals surface area contributed by atoms with Gasteiger partial charge in [0, 0.05) is 0 Å². The summed E-state index contributed by atoms with van der Waals surface area (Å²) in [4.78, 5) is 3.61. The zero-order valence-corrected chi connectivity index (χ0v) is 4.07. The molecule has 0 amide bonds. The van der Waals surface area contributed by atoms with Crippen LogP contribution in [-0.2, 0) is 0 Å². The molecule has 1 aromatic rings. The molecule has 0 saturated carbocycles. The lowest BCUT2D eigenvalue weighted by Gasteiger charge is -1.83. The van der Waals surface area contributed by atoms with Gasteiger partial charge in [-0.3, -0.25) is 0 Å². The monoisotopic (exact) mass is 108 g/mol. The van der Waals surface area contributed by atoms with Crippen LogP contribution in [0.1, 0.15) is 0 Å². The maximum absolute atomic E-state index is 8.20. The van der Waals surface area contributed by atoms with Crippen LogP contribution in [0.15, 0.2) is 12.5 Å². The Morgan fingerprint density at radius 2 is 2.62 bits per heavy atom. The van der Waals surface area contributed by atoms with Gasteiger partial charge in [-0.2, -0.15) is 5.26 Å². The van der Waals surface area contributed by atoms with E-state index in [4.69, 9.17) is 11.0 Å². The van der Waals surface area contributed by atoms with Crippen molar-refractivity contribution in [2.75, 3.05) is 5.73 Å². The van der Waals surface area contributed by atoms with Gasteiger partial charge in [0.1, 0.15) is 12.1 Å². The lowest BCUT2D eigenvalue weighted by atomic mass is 10.8. The average molecular weight is 108 g/mol. The topological polar surface area (TPSA) is 67.6 Å². The van der Waals surface area contributed by atoms with E-state index in [1.54, 1.807) is 6.19 Å². The summed E-state index contributed by atoms with van der Waals surface area (Å²) in [5.74, 6) is 0.368. The Morgan fingerprint density at radius 3 is 2.88 bits per heavy atom. The first-order valence-corrected chi connectivity index (χ1v) is 2.02. The van der Waals surface area contributed by atoms with Crippen LogP contribution in [0.25, 0.3) is 0 Å². The number of nitriles is 1. The van der Waals surface area contributed by atoms with E-state index in [0.717, 1.165) is 0 Å². The molecule has 1 rings (SSSR count). The highest BCUT2D eigenvalue weighted by Gasteiger charge is 1.89. The van der Waals surface area contributed by atoms with Crippen LogP contribution >= 0.6 is 0 Å². The van der Waals surface area contributed by atoms with Gasteiger partial charge in [-0.1, -0.05) is 0 Å². The molecule has 0 aliphatic heterocycles. The van der Waals surface area contributed by atoms with Crippen LogP contribution in [0.5, 0.6) is 0 Å². The number of nitrogen functional groups attached to an aromatic ring is 1. The normalized spacial score (nSPS) is 8.38. The lowest BCUT2D eigenvalue weighted by molar-refractivity contribution is 1.09. The van der Waals surface area contributed by atoms with E-state index in [9.17, 15) is 0 Å². The molecule has 0 saturated heterocycles. The van der Waals surface area contributed by atoms with Gasteiger partial charge in [0.2, 0.25) is 0 Å². The smallest absolute Gasteiger partial charge is 0.191 e. The van der Waals surface area contributed by atoms with E-state index in [1.165, 1.54) is 17.1 Å². The SMILES string of the molecule is N#Cn1cncc1N. The van der Waals surface area contributed by atoms with Gasteiger partial charge in [-0.05, 0) is 0 Å². The van der Waals surface area contributed by atoms with Crippen molar-refractivity contribution in [1.29, 1.82) is 5.26 Å². The fourth-order valence-electron chi connectivity index (χ4n) is 0.389. The van der Waals surface area contributed by atoms with E-state index in [1.807, 2.05) is 0 Å². The van der Waals surface area contributed by atoms with Gasteiger partial charge in [0.25, 0.3) is 0 Å². The number of imidazole rings is 1. The number of aromatic nitrogens is 2. The first kappa shape index (κ1) is 4.65. The standard InChI is InChI=1S/C4H4N4/c5-2-8-3-7-1-4(8)6/h1,3H,6H2. The van der Waals surface area contributed by atoms with Gasteiger partial charge < -0.3 is 5.73 Å². The van der Waals surface area contributed by atoms with Crippen molar-refractivity contribution in [2.45, 2.75) is 0 Å². The largest absolute Gasteiger partial charge is 0.383 e. The van der Waals surface area contributed by atoms with Gasteiger partial charge in [0.05, 0.1) is 6.20 Å². The summed E-state index contributed by atoms with van der Waals surface area (Å²) in [6.45, 7) is 0. The molecule has 1 aromatic heterocycles. The molecule has 0 unspecified atom stereocenters. The quantitative estimate of drug-likeness (QED) is 0.500. The molecule has 1 heterocycles. The van der Waals surface area contributed by atoms with E-state index in [2.05, 4.69) is 4.98 Å². The summed E-state index contributed by atoms with van der Waals surface area (Å²) in [5, 5.41) is 8.20. The predicted octanol–water partition coefficient (Wildman–Crippen LogP) is -0.206. The van der Waals surface area contributed by atoms with E-state index < -0.39 is 0 Å². The minimum atomic E-state index is 0.368. The molecule has 4 nitrogen and oxygen atoms in total. The Hall–Kier alpha value is -1.50. The molecule has 40 valence electrons. The second-order valence-corrected chi connectivity index (χ2v) is 1.29. The van der Waals surface area contributed by atoms with Crippen LogP contribution in [0, 0.1) is 11.5 Å². The first-order chi connectivity index (χ1) is 3.84. The van der Waals surface area contributed by atoms with Crippen molar-refractivity contribution < 1.29 is 0 Å². The number of hydrogen-bond donors (Lipinski definition) is 1. The first-order valence-electron chi connectivity index (χ1n) is 2.02. The van der Waals surface area contributed by atoms with Crippen molar-refractivity contribution >= 4 is 5.82 Å². The molecule has 8 heavy (non-hydrogen) atoms. The molecule has 0 spiro atoms. The molecule has 2 N–H and O–H groups in total. The Bertz CT molecular complexity index is 218. The molecule has 0 bridgehead atoms. The fourth-order valence-corrected chi connectivity index (χ4v) is 0.389. The Balaban J connectivity index is 3.15. The van der Waals surface area contributed by atoms with Crippen molar-refractivity contribution in [3.63, 3.8) is 0 Å². The van der Waals surface area contributed by atoms with Gasteiger partial charge >= 0.3 is 0 Å². The molecule has 0 aliphatic carbocycles. The third-order valence-electron chi connectivity index (χ3n) is 0.775. The molecule has 0 radical (unpaired) electrons. The van der Waals surface area contributed by atoms with Gasteiger partial charge in [0.15, 0.2) is 6.19 Å². The third kappa shape index (κ3) is 0.500. The maximum Gasteiger partial charge on any atom is 0.191 e. The van der Waals surface area contributed by atoms with Crippen LogP contribution in [0.2, 0.25) is 0 Å². The highest BCUT2D eigenvalue weighted by Crippen LogP contribution is 1.94. The molecular weight excluding hydrogens is 104 g/mol.